The summed E-state index contributed by atoms with van der Waals surface area (Å²) in [5, 5.41) is 4.52. The molecule has 0 saturated carbocycles. The summed E-state index contributed by atoms with van der Waals surface area (Å²) in [5.74, 6) is 1.14. The van der Waals surface area contributed by atoms with Crippen LogP contribution in [-0.4, -0.2) is 32.5 Å². The van der Waals surface area contributed by atoms with Gasteiger partial charge in [0.05, 0.1) is 5.75 Å². The van der Waals surface area contributed by atoms with Gasteiger partial charge < -0.3 is 5.32 Å². The van der Waals surface area contributed by atoms with Crippen LogP contribution in [0.5, 0.6) is 0 Å². The lowest BCUT2D eigenvalue weighted by Crippen LogP contribution is -2.31. The predicted molar refractivity (Wildman–Crippen MR) is 71.9 cm³/mol. The van der Waals surface area contributed by atoms with Gasteiger partial charge in [0, 0.05) is 28.6 Å². The molecule has 0 bridgehead atoms. The van der Waals surface area contributed by atoms with Gasteiger partial charge >= 0.3 is 0 Å². The molecule has 1 aliphatic heterocycles. The number of hydrogen-bond donors (Lipinski definition) is 1. The third-order valence-corrected chi connectivity index (χ3v) is 4.86. The van der Waals surface area contributed by atoms with E-state index in [1.54, 1.807) is 17.8 Å². The molecule has 0 fully saturated rings. The van der Waals surface area contributed by atoms with Gasteiger partial charge in [0.25, 0.3) is 0 Å². The van der Waals surface area contributed by atoms with Gasteiger partial charge in [-0.05, 0) is 12.1 Å². The quantitative estimate of drug-likeness (QED) is 0.652. The molecule has 3 nitrogen and oxygen atoms in total. The summed E-state index contributed by atoms with van der Waals surface area (Å²) in [6.07, 6.45) is 1.72. The Hall–Kier alpha value is -0.780. The molecule has 92 valence electrons. The van der Waals surface area contributed by atoms with Crippen molar-refractivity contribution in [2.24, 2.45) is 0 Å². The molecule has 0 amide bonds. The SMILES string of the molecule is O=S1(=O)C=CC(NCCSc2ccccc2)C1. The van der Waals surface area contributed by atoms with E-state index in [0.29, 0.717) is 0 Å². The van der Waals surface area contributed by atoms with Crippen LogP contribution >= 0.6 is 11.8 Å². The Balaban J connectivity index is 1.66. The topological polar surface area (TPSA) is 46.2 Å². The van der Waals surface area contributed by atoms with Gasteiger partial charge in [-0.25, -0.2) is 8.42 Å². The molecule has 1 N–H and O–H groups in total. The van der Waals surface area contributed by atoms with Crippen LogP contribution in [0.15, 0.2) is 46.7 Å². The molecule has 0 radical (unpaired) electrons. The summed E-state index contributed by atoms with van der Waals surface area (Å²) in [6, 6.07) is 10.2. The molecule has 1 heterocycles. The Bertz CT molecular complexity index is 482. The van der Waals surface area contributed by atoms with Crippen LogP contribution in [0.4, 0.5) is 0 Å². The highest BCUT2D eigenvalue weighted by molar-refractivity contribution is 7.99. The Morgan fingerprint density at radius 1 is 1.29 bits per heavy atom. The minimum Gasteiger partial charge on any atom is -0.309 e. The van der Waals surface area contributed by atoms with Crippen molar-refractivity contribution in [3.8, 4) is 0 Å². The van der Waals surface area contributed by atoms with Gasteiger partial charge in [-0.15, -0.1) is 11.8 Å². The molecule has 1 aliphatic rings. The number of rotatable bonds is 5. The van der Waals surface area contributed by atoms with Crippen LogP contribution in [0, 0.1) is 0 Å². The van der Waals surface area contributed by atoms with Crippen molar-refractivity contribution in [2.45, 2.75) is 10.9 Å². The van der Waals surface area contributed by atoms with E-state index in [-0.39, 0.29) is 11.8 Å². The first-order valence-corrected chi connectivity index (χ1v) is 8.18. The summed E-state index contributed by atoms with van der Waals surface area (Å²) in [6.45, 7) is 0.810. The van der Waals surface area contributed by atoms with Crippen molar-refractivity contribution in [3.05, 3.63) is 41.8 Å². The maximum atomic E-state index is 11.2. The fraction of sp³-hybridized carbons (Fsp3) is 0.333. The monoisotopic (exact) mass is 269 g/mol. The second kappa shape index (κ2) is 5.71. The number of thioether (sulfide) groups is 1. The molecule has 2 rings (SSSR count). The minimum atomic E-state index is -2.93. The molecule has 17 heavy (non-hydrogen) atoms. The lowest BCUT2D eigenvalue weighted by molar-refractivity contribution is 0.595. The van der Waals surface area contributed by atoms with Crippen LogP contribution in [0.2, 0.25) is 0 Å². The molecule has 0 aliphatic carbocycles. The average molecular weight is 269 g/mol. The molecule has 1 aromatic carbocycles. The van der Waals surface area contributed by atoms with Gasteiger partial charge in [-0.2, -0.15) is 0 Å². The second-order valence-corrected chi connectivity index (χ2v) is 6.98. The van der Waals surface area contributed by atoms with Crippen molar-refractivity contribution in [1.82, 2.24) is 5.32 Å². The highest BCUT2D eigenvalue weighted by Crippen LogP contribution is 2.16. The van der Waals surface area contributed by atoms with E-state index in [1.165, 1.54) is 10.3 Å². The van der Waals surface area contributed by atoms with Crippen molar-refractivity contribution in [2.75, 3.05) is 18.1 Å². The highest BCUT2D eigenvalue weighted by Gasteiger charge is 2.20. The van der Waals surface area contributed by atoms with Gasteiger partial charge in [0.2, 0.25) is 0 Å². The second-order valence-electron chi connectivity index (χ2n) is 3.88. The molecule has 0 saturated heterocycles. The van der Waals surface area contributed by atoms with E-state index in [1.807, 2.05) is 18.2 Å². The van der Waals surface area contributed by atoms with Gasteiger partial charge in [-0.3, -0.25) is 0 Å². The molecule has 0 aromatic heterocycles. The van der Waals surface area contributed by atoms with Crippen LogP contribution in [0.1, 0.15) is 0 Å². The predicted octanol–water partition coefficient (Wildman–Crippen LogP) is 1.68. The van der Waals surface area contributed by atoms with Crippen LogP contribution in [-0.2, 0) is 9.84 Å². The Morgan fingerprint density at radius 3 is 2.71 bits per heavy atom. The van der Waals surface area contributed by atoms with E-state index >= 15 is 0 Å². The van der Waals surface area contributed by atoms with Crippen LogP contribution in [0.3, 0.4) is 0 Å². The van der Waals surface area contributed by atoms with Gasteiger partial charge in [-0.1, -0.05) is 24.3 Å². The largest absolute Gasteiger partial charge is 0.309 e. The summed E-state index contributed by atoms with van der Waals surface area (Å²) >= 11 is 1.77. The molecular weight excluding hydrogens is 254 g/mol. The Labute approximate surface area is 106 Å². The van der Waals surface area contributed by atoms with E-state index < -0.39 is 9.84 Å². The smallest absolute Gasteiger partial charge is 0.173 e. The third-order valence-electron chi connectivity index (χ3n) is 2.45. The molecule has 1 unspecified atom stereocenters. The van der Waals surface area contributed by atoms with Crippen LogP contribution in [0.25, 0.3) is 0 Å². The van der Waals surface area contributed by atoms with Gasteiger partial charge in [0.15, 0.2) is 9.84 Å². The standard InChI is InChI=1S/C12H15NO2S2/c14-17(15)9-6-11(10-17)13-7-8-16-12-4-2-1-3-5-12/h1-6,9,11,13H,7-8,10H2. The summed E-state index contributed by atoms with van der Waals surface area (Å²) < 4.78 is 22.3. The fourth-order valence-corrected chi connectivity index (χ4v) is 3.71. The maximum absolute atomic E-state index is 11.2. The average Bonchev–Trinajstić information content (AvgIpc) is 2.66. The molecule has 0 spiro atoms. The highest BCUT2D eigenvalue weighted by atomic mass is 32.2. The number of benzene rings is 1. The molecule has 1 atom stereocenters. The minimum absolute atomic E-state index is 0.0172. The summed E-state index contributed by atoms with van der Waals surface area (Å²) in [7, 11) is -2.93. The number of nitrogens with one attached hydrogen (secondary N) is 1. The van der Waals surface area contributed by atoms with E-state index in [4.69, 9.17) is 0 Å². The fourth-order valence-electron chi connectivity index (χ4n) is 1.63. The normalized spacial score (nSPS) is 21.8. The Morgan fingerprint density at radius 2 is 2.06 bits per heavy atom. The van der Waals surface area contributed by atoms with Crippen molar-refractivity contribution < 1.29 is 8.42 Å². The summed E-state index contributed by atoms with van der Waals surface area (Å²) in [4.78, 5) is 1.24. The van der Waals surface area contributed by atoms with E-state index in [2.05, 4.69) is 17.4 Å². The van der Waals surface area contributed by atoms with E-state index in [9.17, 15) is 8.42 Å². The maximum Gasteiger partial charge on any atom is 0.173 e. The van der Waals surface area contributed by atoms with E-state index in [0.717, 1.165) is 12.3 Å². The van der Waals surface area contributed by atoms with Crippen molar-refractivity contribution >= 4 is 21.6 Å². The van der Waals surface area contributed by atoms with Crippen molar-refractivity contribution in [1.29, 1.82) is 0 Å². The first-order chi connectivity index (χ1) is 8.16. The molecule has 5 heteroatoms. The first-order valence-electron chi connectivity index (χ1n) is 5.48. The van der Waals surface area contributed by atoms with Gasteiger partial charge in [0.1, 0.15) is 0 Å². The number of sulfone groups is 1. The third kappa shape index (κ3) is 4.18. The lowest BCUT2D eigenvalue weighted by Gasteiger charge is -2.09. The zero-order valence-corrected chi connectivity index (χ0v) is 11.0. The molecule has 1 aromatic rings. The lowest BCUT2D eigenvalue weighted by atomic mass is 10.3. The summed E-state index contributed by atoms with van der Waals surface area (Å²) in [5.41, 5.74) is 0. The first kappa shape index (κ1) is 12.7. The zero-order chi connectivity index (χ0) is 12.1. The zero-order valence-electron chi connectivity index (χ0n) is 9.37. The van der Waals surface area contributed by atoms with Crippen molar-refractivity contribution in [3.63, 3.8) is 0 Å². The number of hydrogen-bond acceptors (Lipinski definition) is 4. The Kier molecular flexibility index (Phi) is 4.25. The molecular formula is C12H15NO2S2. The van der Waals surface area contributed by atoms with Crippen LogP contribution < -0.4 is 5.32 Å².